The van der Waals surface area contributed by atoms with Crippen molar-refractivity contribution in [1.29, 1.82) is 0 Å². The van der Waals surface area contributed by atoms with E-state index in [2.05, 4.69) is 31.0 Å². The van der Waals surface area contributed by atoms with Gasteiger partial charge in [-0.05, 0) is 79.9 Å². The lowest BCUT2D eigenvalue weighted by Crippen LogP contribution is -2.28. The van der Waals surface area contributed by atoms with Gasteiger partial charge in [0, 0.05) is 6.54 Å². The molecule has 0 radical (unpaired) electrons. The van der Waals surface area contributed by atoms with Crippen molar-refractivity contribution < 1.29 is 14.7 Å². The van der Waals surface area contributed by atoms with E-state index in [-0.39, 0.29) is 11.5 Å². The Kier molecular flexibility index (Phi) is 5.70. The van der Waals surface area contributed by atoms with Gasteiger partial charge in [0.15, 0.2) is 5.17 Å². The van der Waals surface area contributed by atoms with E-state index in [1.807, 2.05) is 19.9 Å². The van der Waals surface area contributed by atoms with Gasteiger partial charge in [0.25, 0.3) is 5.91 Å². The van der Waals surface area contributed by atoms with Gasteiger partial charge in [0.1, 0.15) is 0 Å². The number of carboxylic acid groups (broad SMARTS) is 1. The smallest absolute Gasteiger partial charge is 0.335 e. The minimum absolute atomic E-state index is 0.0728. The van der Waals surface area contributed by atoms with E-state index in [1.54, 1.807) is 17.0 Å². The Balaban J connectivity index is 2.01. The molecule has 2 aromatic carbocycles. The van der Waals surface area contributed by atoms with E-state index in [0.717, 1.165) is 11.1 Å². The van der Waals surface area contributed by atoms with Crippen LogP contribution in [0.3, 0.4) is 0 Å². The first kappa shape index (κ1) is 19.9. The second-order valence-electron chi connectivity index (χ2n) is 6.65. The van der Waals surface area contributed by atoms with E-state index in [9.17, 15) is 9.59 Å². The molecule has 144 valence electrons. The van der Waals surface area contributed by atoms with Gasteiger partial charge < -0.3 is 5.11 Å². The fourth-order valence-corrected chi connectivity index (χ4v) is 4.05. The van der Waals surface area contributed by atoms with Crippen molar-refractivity contribution in [2.45, 2.75) is 27.7 Å². The van der Waals surface area contributed by atoms with E-state index in [0.29, 0.717) is 22.3 Å². The average Bonchev–Trinajstić information content (AvgIpc) is 2.98. The van der Waals surface area contributed by atoms with E-state index in [1.165, 1.54) is 35.0 Å². The normalized spacial score (nSPS) is 17.4. The lowest BCUT2D eigenvalue weighted by atomic mass is 10.0. The van der Waals surface area contributed by atoms with Crippen LogP contribution in [0.2, 0.25) is 0 Å². The number of amides is 1. The molecule has 1 heterocycles. The molecular weight excluding hydrogens is 372 g/mol. The van der Waals surface area contributed by atoms with Crippen LogP contribution in [-0.2, 0) is 4.79 Å². The Labute approximate surface area is 168 Å². The Morgan fingerprint density at radius 1 is 1.11 bits per heavy atom. The number of aryl methyl sites for hydroxylation is 2. The zero-order valence-corrected chi connectivity index (χ0v) is 17.1. The van der Waals surface area contributed by atoms with Gasteiger partial charge in [-0.1, -0.05) is 24.3 Å². The van der Waals surface area contributed by atoms with Gasteiger partial charge in [-0.2, -0.15) is 0 Å². The first-order chi connectivity index (χ1) is 13.3. The van der Waals surface area contributed by atoms with Crippen molar-refractivity contribution in [1.82, 2.24) is 4.90 Å². The summed E-state index contributed by atoms with van der Waals surface area (Å²) in [5, 5.41) is 9.73. The van der Waals surface area contributed by atoms with Crippen LogP contribution in [0.1, 0.15) is 40.9 Å². The molecule has 5 nitrogen and oxygen atoms in total. The standard InChI is InChI=1S/C22H22N2O3S/c1-5-24-20(25)19(15(4)16-10-9-13(2)14(3)11-16)28-22(24)23-18-8-6-7-17(12-18)21(26)27/h6-12H,5H2,1-4H3,(H,26,27)/b19-15-,23-22?. The average molecular weight is 394 g/mol. The molecule has 1 aliphatic heterocycles. The summed E-state index contributed by atoms with van der Waals surface area (Å²) in [5.41, 5.74) is 5.01. The minimum atomic E-state index is -1.00. The fraction of sp³-hybridized carbons (Fsp3) is 0.227. The van der Waals surface area contributed by atoms with Crippen molar-refractivity contribution >= 4 is 40.1 Å². The van der Waals surface area contributed by atoms with Crippen LogP contribution in [-0.4, -0.2) is 33.6 Å². The summed E-state index contributed by atoms with van der Waals surface area (Å²) >= 11 is 1.33. The van der Waals surface area contributed by atoms with Crippen LogP contribution in [0.25, 0.3) is 5.57 Å². The Hall–Kier alpha value is -2.86. The molecule has 6 heteroatoms. The van der Waals surface area contributed by atoms with Crippen LogP contribution < -0.4 is 0 Å². The Morgan fingerprint density at radius 3 is 2.50 bits per heavy atom. The maximum atomic E-state index is 13.0. The number of carbonyl (C=O) groups excluding carboxylic acids is 1. The summed E-state index contributed by atoms with van der Waals surface area (Å²) in [7, 11) is 0. The lowest BCUT2D eigenvalue weighted by Gasteiger charge is -2.12. The molecule has 3 rings (SSSR count). The molecule has 0 spiro atoms. The predicted molar refractivity (Wildman–Crippen MR) is 114 cm³/mol. The van der Waals surface area contributed by atoms with Gasteiger partial charge in [0.05, 0.1) is 16.2 Å². The Bertz CT molecular complexity index is 1020. The molecule has 1 aliphatic rings. The summed E-state index contributed by atoms with van der Waals surface area (Å²) in [4.78, 5) is 31.0. The molecule has 0 aliphatic carbocycles. The van der Waals surface area contributed by atoms with Crippen LogP contribution >= 0.6 is 11.8 Å². The van der Waals surface area contributed by atoms with Crippen molar-refractivity contribution in [3.63, 3.8) is 0 Å². The van der Waals surface area contributed by atoms with Crippen LogP contribution in [0, 0.1) is 13.8 Å². The number of rotatable bonds is 4. The molecule has 2 aromatic rings. The maximum absolute atomic E-state index is 13.0. The number of aromatic carboxylic acids is 1. The number of hydrogen-bond donors (Lipinski definition) is 1. The fourth-order valence-electron chi connectivity index (χ4n) is 2.92. The topological polar surface area (TPSA) is 70.0 Å². The number of aliphatic imine (C=N–C) groups is 1. The Morgan fingerprint density at radius 2 is 1.86 bits per heavy atom. The van der Waals surface area contributed by atoms with E-state index >= 15 is 0 Å². The van der Waals surface area contributed by atoms with Crippen LogP contribution in [0.15, 0.2) is 52.4 Å². The first-order valence-corrected chi connectivity index (χ1v) is 9.83. The number of amidine groups is 1. The maximum Gasteiger partial charge on any atom is 0.335 e. The van der Waals surface area contributed by atoms with Crippen molar-refractivity contribution in [3.05, 3.63) is 69.6 Å². The number of carboxylic acids is 1. The highest BCUT2D eigenvalue weighted by molar-refractivity contribution is 8.18. The summed E-state index contributed by atoms with van der Waals surface area (Å²) in [6.45, 7) is 8.46. The number of nitrogens with zero attached hydrogens (tertiary/aromatic N) is 2. The van der Waals surface area contributed by atoms with Gasteiger partial charge >= 0.3 is 5.97 Å². The van der Waals surface area contributed by atoms with Crippen LogP contribution in [0.5, 0.6) is 0 Å². The van der Waals surface area contributed by atoms with Gasteiger partial charge in [-0.25, -0.2) is 9.79 Å². The molecule has 1 amide bonds. The molecular formula is C22H22N2O3S. The number of allylic oxidation sites excluding steroid dienone is 1. The second-order valence-corrected chi connectivity index (χ2v) is 7.63. The third kappa shape index (κ3) is 3.87. The molecule has 0 aromatic heterocycles. The van der Waals surface area contributed by atoms with E-state index < -0.39 is 5.97 Å². The summed E-state index contributed by atoms with van der Waals surface area (Å²) in [5.74, 6) is -1.08. The highest BCUT2D eigenvalue weighted by Gasteiger charge is 2.34. The monoisotopic (exact) mass is 394 g/mol. The number of benzene rings is 2. The van der Waals surface area contributed by atoms with Gasteiger partial charge in [0.2, 0.25) is 0 Å². The highest BCUT2D eigenvalue weighted by atomic mass is 32.2. The number of thioether (sulfide) groups is 1. The van der Waals surface area contributed by atoms with Crippen molar-refractivity contribution in [2.24, 2.45) is 4.99 Å². The number of carbonyl (C=O) groups is 2. The van der Waals surface area contributed by atoms with Crippen molar-refractivity contribution in [2.75, 3.05) is 6.54 Å². The van der Waals surface area contributed by atoms with Crippen molar-refractivity contribution in [3.8, 4) is 0 Å². The molecule has 1 fully saturated rings. The van der Waals surface area contributed by atoms with Gasteiger partial charge in [-0.3, -0.25) is 9.69 Å². The molecule has 0 bridgehead atoms. The summed E-state index contributed by atoms with van der Waals surface area (Å²) in [6.07, 6.45) is 0. The quantitative estimate of drug-likeness (QED) is 0.740. The third-order valence-electron chi connectivity index (χ3n) is 4.78. The number of likely N-dealkylation sites (N-methyl/N-ethyl adjacent to an activating group) is 1. The molecule has 1 saturated heterocycles. The molecule has 0 saturated carbocycles. The van der Waals surface area contributed by atoms with Gasteiger partial charge in [-0.15, -0.1) is 0 Å². The highest BCUT2D eigenvalue weighted by Crippen LogP contribution is 2.37. The molecule has 1 N–H and O–H groups in total. The zero-order chi connectivity index (χ0) is 20.4. The SMILES string of the molecule is CCN1C(=O)/C(=C(\C)c2ccc(C)c(C)c2)SC1=Nc1cccc(C(=O)O)c1. The minimum Gasteiger partial charge on any atom is -0.478 e. The third-order valence-corrected chi connectivity index (χ3v) is 5.96. The largest absolute Gasteiger partial charge is 0.478 e. The molecule has 0 atom stereocenters. The molecule has 28 heavy (non-hydrogen) atoms. The summed E-state index contributed by atoms with van der Waals surface area (Å²) in [6, 6.07) is 12.6. The predicted octanol–water partition coefficient (Wildman–Crippen LogP) is 5.02. The second kappa shape index (κ2) is 8.02. The molecule has 0 unspecified atom stereocenters. The summed E-state index contributed by atoms with van der Waals surface area (Å²) < 4.78 is 0. The van der Waals surface area contributed by atoms with Crippen LogP contribution in [0.4, 0.5) is 5.69 Å². The first-order valence-electron chi connectivity index (χ1n) is 9.02. The zero-order valence-electron chi connectivity index (χ0n) is 16.3. The van der Waals surface area contributed by atoms with E-state index in [4.69, 9.17) is 5.11 Å². The number of hydrogen-bond acceptors (Lipinski definition) is 4. The lowest BCUT2D eigenvalue weighted by molar-refractivity contribution is -0.122.